The van der Waals surface area contributed by atoms with E-state index in [0.717, 1.165) is 49.6 Å². The molecule has 0 N–H and O–H groups in total. The fraction of sp³-hybridized carbons (Fsp3) is 0.412. The van der Waals surface area contributed by atoms with Crippen LogP contribution in [-0.2, 0) is 6.54 Å². The maximum atomic E-state index is 5.01. The molecule has 1 saturated heterocycles. The van der Waals surface area contributed by atoms with Crippen LogP contribution in [0.3, 0.4) is 0 Å². The number of ether oxygens (including phenoxy) is 1. The average molecular weight is 356 g/mol. The molecule has 0 saturated carbocycles. The zero-order valence-electron chi connectivity index (χ0n) is 14.3. The molecule has 130 valence electrons. The molecule has 4 heterocycles. The van der Waals surface area contributed by atoms with Crippen molar-refractivity contribution in [1.82, 2.24) is 24.8 Å². The molecule has 0 aliphatic carbocycles. The number of aromatic nitrogens is 4. The second-order valence-corrected chi connectivity index (χ2v) is 7.01. The Bertz CT molecular complexity index is 857. The molecule has 3 aromatic heterocycles. The third-order valence-corrected chi connectivity index (χ3v) is 5.54. The van der Waals surface area contributed by atoms with E-state index < -0.39 is 0 Å². The van der Waals surface area contributed by atoms with Crippen LogP contribution < -0.4 is 9.64 Å². The van der Waals surface area contributed by atoms with Crippen molar-refractivity contribution in [3.63, 3.8) is 0 Å². The summed E-state index contributed by atoms with van der Waals surface area (Å²) in [6.07, 6.45) is 5.35. The molecule has 25 heavy (non-hydrogen) atoms. The highest BCUT2D eigenvalue weighted by molar-refractivity contribution is 7.18. The molecular formula is C17H20N6OS. The molecule has 0 bridgehead atoms. The van der Waals surface area contributed by atoms with Gasteiger partial charge < -0.3 is 9.64 Å². The topological polar surface area (TPSA) is 67.3 Å². The Morgan fingerprint density at radius 1 is 1.08 bits per heavy atom. The molecule has 0 unspecified atom stereocenters. The highest BCUT2D eigenvalue weighted by Crippen LogP contribution is 2.31. The fourth-order valence-corrected chi connectivity index (χ4v) is 4.11. The van der Waals surface area contributed by atoms with E-state index in [2.05, 4.69) is 42.0 Å². The van der Waals surface area contributed by atoms with Crippen LogP contribution in [0, 0.1) is 6.92 Å². The molecule has 0 amide bonds. The minimum Gasteiger partial charge on any atom is -0.467 e. The van der Waals surface area contributed by atoms with Crippen molar-refractivity contribution in [1.29, 1.82) is 0 Å². The summed E-state index contributed by atoms with van der Waals surface area (Å²) < 4.78 is 6.20. The highest BCUT2D eigenvalue weighted by atomic mass is 32.1. The molecule has 0 radical (unpaired) electrons. The standard InChI is InChI=1S/C17H20N6OS/c1-12-10-25-15-14(12)20-11-21-16(15)23-5-3-22(4-6-23)9-13-7-18-17(24-2)19-8-13/h7-8,10-11H,3-6,9H2,1-2H3. The summed E-state index contributed by atoms with van der Waals surface area (Å²) in [7, 11) is 1.58. The smallest absolute Gasteiger partial charge is 0.316 e. The molecule has 1 fully saturated rings. The van der Waals surface area contributed by atoms with Gasteiger partial charge in [0.1, 0.15) is 12.1 Å². The van der Waals surface area contributed by atoms with Gasteiger partial charge >= 0.3 is 6.01 Å². The SMILES string of the molecule is COc1ncc(CN2CCN(c3ncnc4c(C)csc34)CC2)cn1. The Morgan fingerprint density at radius 3 is 2.56 bits per heavy atom. The number of aryl methyl sites for hydroxylation is 1. The van der Waals surface area contributed by atoms with Gasteiger partial charge in [0, 0.05) is 50.7 Å². The van der Waals surface area contributed by atoms with Gasteiger partial charge in [-0.3, -0.25) is 4.90 Å². The first-order valence-corrected chi connectivity index (χ1v) is 9.13. The maximum Gasteiger partial charge on any atom is 0.316 e. The number of hydrogen-bond donors (Lipinski definition) is 0. The molecule has 1 aliphatic rings. The monoisotopic (exact) mass is 356 g/mol. The lowest BCUT2D eigenvalue weighted by molar-refractivity contribution is 0.248. The molecule has 0 aromatic carbocycles. The minimum atomic E-state index is 0.410. The zero-order chi connectivity index (χ0) is 17.2. The van der Waals surface area contributed by atoms with E-state index in [4.69, 9.17) is 4.74 Å². The summed E-state index contributed by atoms with van der Waals surface area (Å²) in [5.41, 5.74) is 3.40. The molecule has 1 aliphatic heterocycles. The summed E-state index contributed by atoms with van der Waals surface area (Å²) in [4.78, 5) is 22.1. The van der Waals surface area contributed by atoms with E-state index in [1.165, 1.54) is 10.3 Å². The van der Waals surface area contributed by atoms with Gasteiger partial charge in [-0.25, -0.2) is 19.9 Å². The van der Waals surface area contributed by atoms with Crippen molar-refractivity contribution in [2.24, 2.45) is 0 Å². The lowest BCUT2D eigenvalue weighted by Crippen LogP contribution is -2.46. The number of nitrogens with zero attached hydrogens (tertiary/aromatic N) is 6. The van der Waals surface area contributed by atoms with E-state index in [9.17, 15) is 0 Å². The van der Waals surface area contributed by atoms with Gasteiger partial charge in [0.2, 0.25) is 0 Å². The van der Waals surface area contributed by atoms with Crippen LogP contribution in [0.5, 0.6) is 6.01 Å². The van der Waals surface area contributed by atoms with Crippen LogP contribution >= 0.6 is 11.3 Å². The van der Waals surface area contributed by atoms with Gasteiger partial charge in [0.05, 0.1) is 17.3 Å². The molecule has 7 nitrogen and oxygen atoms in total. The second-order valence-electron chi connectivity index (χ2n) is 6.13. The van der Waals surface area contributed by atoms with Gasteiger partial charge in [-0.1, -0.05) is 0 Å². The predicted octanol–water partition coefficient (Wildman–Crippen LogP) is 2.12. The van der Waals surface area contributed by atoms with Crippen molar-refractivity contribution in [3.8, 4) is 6.01 Å². The Labute approximate surface area is 150 Å². The Kier molecular flexibility index (Phi) is 4.46. The normalized spacial score (nSPS) is 15.7. The first-order chi connectivity index (χ1) is 12.2. The highest BCUT2D eigenvalue weighted by Gasteiger charge is 2.21. The predicted molar refractivity (Wildman–Crippen MR) is 98.2 cm³/mol. The molecule has 3 aromatic rings. The zero-order valence-corrected chi connectivity index (χ0v) is 15.2. The van der Waals surface area contributed by atoms with Gasteiger partial charge in [0.25, 0.3) is 0 Å². The molecule has 0 atom stereocenters. The van der Waals surface area contributed by atoms with Crippen molar-refractivity contribution < 1.29 is 4.74 Å². The summed E-state index contributed by atoms with van der Waals surface area (Å²) in [6.45, 7) is 6.85. The second kappa shape index (κ2) is 6.89. The lowest BCUT2D eigenvalue weighted by Gasteiger charge is -2.35. The van der Waals surface area contributed by atoms with Gasteiger partial charge in [-0.05, 0) is 17.9 Å². The summed E-state index contributed by atoms with van der Waals surface area (Å²) in [6, 6.07) is 0.410. The van der Waals surface area contributed by atoms with E-state index >= 15 is 0 Å². The van der Waals surface area contributed by atoms with Crippen molar-refractivity contribution >= 4 is 27.4 Å². The first-order valence-electron chi connectivity index (χ1n) is 8.25. The number of rotatable bonds is 4. The fourth-order valence-electron chi connectivity index (χ4n) is 3.09. The minimum absolute atomic E-state index is 0.410. The van der Waals surface area contributed by atoms with Crippen LogP contribution in [0.15, 0.2) is 24.1 Å². The van der Waals surface area contributed by atoms with Crippen molar-refractivity contribution in [3.05, 3.63) is 35.2 Å². The van der Waals surface area contributed by atoms with Crippen LogP contribution in [0.4, 0.5) is 5.82 Å². The largest absolute Gasteiger partial charge is 0.467 e. The van der Waals surface area contributed by atoms with Gasteiger partial charge in [0.15, 0.2) is 0 Å². The van der Waals surface area contributed by atoms with Gasteiger partial charge in [-0.2, -0.15) is 0 Å². The number of anilines is 1. The average Bonchev–Trinajstić information content (AvgIpc) is 3.04. The number of piperazine rings is 1. The van der Waals surface area contributed by atoms with E-state index in [0.29, 0.717) is 6.01 Å². The number of fused-ring (bicyclic) bond motifs is 1. The maximum absolute atomic E-state index is 5.01. The van der Waals surface area contributed by atoms with E-state index in [1.807, 2.05) is 12.4 Å². The van der Waals surface area contributed by atoms with E-state index in [-0.39, 0.29) is 0 Å². The molecule has 0 spiro atoms. The summed E-state index contributed by atoms with van der Waals surface area (Å²) in [5.74, 6) is 1.07. The Morgan fingerprint density at radius 2 is 1.84 bits per heavy atom. The Hall–Kier alpha value is -2.32. The number of methoxy groups -OCH3 is 1. The van der Waals surface area contributed by atoms with E-state index in [1.54, 1.807) is 24.8 Å². The van der Waals surface area contributed by atoms with Crippen molar-refractivity contribution in [2.45, 2.75) is 13.5 Å². The van der Waals surface area contributed by atoms with Gasteiger partial charge in [-0.15, -0.1) is 11.3 Å². The van der Waals surface area contributed by atoms with Crippen molar-refractivity contribution in [2.75, 3.05) is 38.2 Å². The summed E-state index contributed by atoms with van der Waals surface area (Å²) in [5, 5.41) is 2.16. The first kappa shape index (κ1) is 16.2. The van der Waals surface area contributed by atoms with Crippen LogP contribution in [0.25, 0.3) is 10.2 Å². The quantitative estimate of drug-likeness (QED) is 0.709. The summed E-state index contributed by atoms with van der Waals surface area (Å²) >= 11 is 1.73. The molecular weight excluding hydrogens is 336 g/mol. The molecule has 4 rings (SSSR count). The molecule has 8 heteroatoms. The third-order valence-electron chi connectivity index (χ3n) is 4.45. The van der Waals surface area contributed by atoms with Crippen LogP contribution in [-0.4, -0.2) is 58.1 Å². The van der Waals surface area contributed by atoms with Crippen LogP contribution in [0.2, 0.25) is 0 Å². The lowest BCUT2D eigenvalue weighted by atomic mass is 10.2. The van der Waals surface area contributed by atoms with Crippen LogP contribution in [0.1, 0.15) is 11.1 Å². The Balaban J connectivity index is 1.42. The number of hydrogen-bond acceptors (Lipinski definition) is 8. The number of thiophene rings is 1. The third kappa shape index (κ3) is 3.27.